The molecule has 0 spiro atoms. The van der Waals surface area contributed by atoms with Crippen LogP contribution in [0.25, 0.3) is 0 Å². The van der Waals surface area contributed by atoms with Crippen LogP contribution in [0.4, 0.5) is 16.2 Å². The van der Waals surface area contributed by atoms with Crippen LogP contribution in [0.5, 0.6) is 0 Å². The van der Waals surface area contributed by atoms with Gasteiger partial charge in [-0.25, -0.2) is 4.79 Å². The lowest BCUT2D eigenvalue weighted by Gasteiger charge is -2.18. The predicted octanol–water partition coefficient (Wildman–Crippen LogP) is 3.45. The number of anilines is 2. The van der Waals surface area contributed by atoms with E-state index in [2.05, 4.69) is 16.7 Å². The Hall–Kier alpha value is -3.04. The van der Waals surface area contributed by atoms with E-state index in [1.165, 1.54) is 0 Å². The number of nitriles is 1. The summed E-state index contributed by atoms with van der Waals surface area (Å²) in [6.07, 6.45) is 0.207. The van der Waals surface area contributed by atoms with Crippen molar-refractivity contribution in [1.29, 1.82) is 5.26 Å². The quantitative estimate of drug-likeness (QED) is 0.870. The summed E-state index contributed by atoms with van der Waals surface area (Å²) in [6, 6.07) is 13.5. The minimum atomic E-state index is -0.388. The summed E-state index contributed by atoms with van der Waals surface area (Å²) in [6.45, 7) is 2.23. The number of urea groups is 1. The first-order valence-electron chi connectivity index (χ1n) is 8.10. The van der Waals surface area contributed by atoms with Gasteiger partial charge in [-0.1, -0.05) is 23.7 Å². The zero-order chi connectivity index (χ0) is 18.7. The van der Waals surface area contributed by atoms with E-state index < -0.39 is 0 Å². The molecule has 0 radical (unpaired) electrons. The SMILES string of the molecule is Cc1ccc(Cl)cc1NC(=O)NC1CC(=O)N(c2cccc(C#N)c2)C1. The molecule has 1 aliphatic heterocycles. The van der Waals surface area contributed by atoms with Crippen LogP contribution in [0.2, 0.25) is 5.02 Å². The zero-order valence-corrected chi connectivity index (χ0v) is 14.9. The van der Waals surface area contributed by atoms with E-state index in [-0.39, 0.29) is 24.4 Å². The molecule has 1 fully saturated rings. The Morgan fingerprint density at radius 1 is 1.31 bits per heavy atom. The number of aryl methyl sites for hydroxylation is 1. The van der Waals surface area contributed by atoms with Gasteiger partial charge in [0.05, 0.1) is 17.7 Å². The van der Waals surface area contributed by atoms with E-state index in [1.807, 2.05) is 13.0 Å². The maximum absolute atomic E-state index is 12.3. The molecule has 2 aromatic rings. The van der Waals surface area contributed by atoms with E-state index >= 15 is 0 Å². The van der Waals surface area contributed by atoms with Crippen molar-refractivity contribution in [3.05, 3.63) is 58.6 Å². The molecule has 7 heteroatoms. The van der Waals surface area contributed by atoms with Crippen molar-refractivity contribution in [1.82, 2.24) is 5.32 Å². The summed E-state index contributed by atoms with van der Waals surface area (Å²) < 4.78 is 0. The molecular formula is C19H17ClN4O2. The molecule has 3 amide bonds. The maximum Gasteiger partial charge on any atom is 0.319 e. The van der Waals surface area contributed by atoms with Gasteiger partial charge in [-0.3, -0.25) is 4.79 Å². The second kappa shape index (κ2) is 7.46. The highest BCUT2D eigenvalue weighted by atomic mass is 35.5. The van der Waals surface area contributed by atoms with Crippen LogP contribution in [-0.2, 0) is 4.79 Å². The summed E-state index contributed by atoms with van der Waals surface area (Å²) >= 11 is 5.96. The molecule has 0 aliphatic carbocycles. The van der Waals surface area contributed by atoms with Crippen LogP contribution in [0.3, 0.4) is 0 Å². The lowest BCUT2D eigenvalue weighted by Crippen LogP contribution is -2.39. The molecule has 1 unspecified atom stereocenters. The molecule has 132 valence electrons. The average Bonchev–Trinajstić information content (AvgIpc) is 2.98. The molecular weight excluding hydrogens is 352 g/mol. The second-order valence-electron chi connectivity index (χ2n) is 6.13. The highest BCUT2D eigenvalue weighted by Gasteiger charge is 2.31. The average molecular weight is 369 g/mol. The van der Waals surface area contributed by atoms with E-state index in [4.69, 9.17) is 16.9 Å². The van der Waals surface area contributed by atoms with Gasteiger partial charge < -0.3 is 15.5 Å². The lowest BCUT2D eigenvalue weighted by atomic mass is 10.2. The number of nitrogens with one attached hydrogen (secondary N) is 2. The maximum atomic E-state index is 12.3. The summed E-state index contributed by atoms with van der Waals surface area (Å²) in [7, 11) is 0. The van der Waals surface area contributed by atoms with E-state index in [9.17, 15) is 9.59 Å². The van der Waals surface area contributed by atoms with Crippen molar-refractivity contribution in [2.24, 2.45) is 0 Å². The van der Waals surface area contributed by atoms with E-state index in [0.29, 0.717) is 28.5 Å². The number of hydrogen-bond donors (Lipinski definition) is 2. The zero-order valence-electron chi connectivity index (χ0n) is 14.1. The number of carbonyl (C=O) groups excluding carboxylic acids is 2. The number of hydrogen-bond acceptors (Lipinski definition) is 3. The smallest absolute Gasteiger partial charge is 0.319 e. The molecule has 3 rings (SSSR count). The molecule has 0 bridgehead atoms. The second-order valence-corrected chi connectivity index (χ2v) is 6.56. The van der Waals surface area contributed by atoms with Gasteiger partial charge in [-0.15, -0.1) is 0 Å². The van der Waals surface area contributed by atoms with Crippen LogP contribution in [0, 0.1) is 18.3 Å². The fourth-order valence-corrected chi connectivity index (χ4v) is 3.04. The predicted molar refractivity (Wildman–Crippen MR) is 100 cm³/mol. The largest absolute Gasteiger partial charge is 0.333 e. The number of benzene rings is 2. The number of nitrogens with zero attached hydrogens (tertiary/aromatic N) is 2. The molecule has 0 saturated carbocycles. The first-order valence-corrected chi connectivity index (χ1v) is 8.48. The normalized spacial score (nSPS) is 16.3. The van der Waals surface area contributed by atoms with Crippen LogP contribution in [-0.4, -0.2) is 24.5 Å². The molecule has 2 N–H and O–H groups in total. The minimum Gasteiger partial charge on any atom is -0.333 e. The Bertz CT molecular complexity index is 907. The van der Waals surface area contributed by atoms with Crippen molar-refractivity contribution in [2.45, 2.75) is 19.4 Å². The van der Waals surface area contributed by atoms with E-state index in [1.54, 1.807) is 41.3 Å². The van der Waals surface area contributed by atoms with Gasteiger partial charge in [0.1, 0.15) is 0 Å². The molecule has 6 nitrogen and oxygen atoms in total. The summed E-state index contributed by atoms with van der Waals surface area (Å²) in [5.74, 6) is -0.0932. The molecule has 1 saturated heterocycles. The van der Waals surface area contributed by atoms with Gasteiger partial charge in [0.25, 0.3) is 0 Å². The van der Waals surface area contributed by atoms with E-state index in [0.717, 1.165) is 5.56 Å². The highest BCUT2D eigenvalue weighted by Crippen LogP contribution is 2.23. The third kappa shape index (κ3) is 3.95. The monoisotopic (exact) mass is 368 g/mol. The number of halogens is 1. The van der Waals surface area contributed by atoms with Crippen molar-refractivity contribution in [3.63, 3.8) is 0 Å². The summed E-state index contributed by atoms with van der Waals surface area (Å²) in [4.78, 5) is 26.1. The van der Waals surface area contributed by atoms with Crippen molar-refractivity contribution < 1.29 is 9.59 Å². The van der Waals surface area contributed by atoms with Gasteiger partial charge in [0.15, 0.2) is 0 Å². The Labute approximate surface area is 156 Å². The Kier molecular flexibility index (Phi) is 5.10. The van der Waals surface area contributed by atoms with Gasteiger partial charge in [-0.05, 0) is 42.8 Å². The first-order chi connectivity index (χ1) is 12.5. The van der Waals surface area contributed by atoms with Crippen molar-refractivity contribution in [2.75, 3.05) is 16.8 Å². The Morgan fingerprint density at radius 2 is 2.12 bits per heavy atom. The fourth-order valence-electron chi connectivity index (χ4n) is 2.87. The molecule has 2 aromatic carbocycles. The first kappa shape index (κ1) is 17.8. The van der Waals surface area contributed by atoms with Crippen LogP contribution in [0.1, 0.15) is 17.5 Å². The third-order valence-corrected chi connectivity index (χ3v) is 4.43. The molecule has 26 heavy (non-hydrogen) atoms. The number of carbonyl (C=O) groups is 2. The lowest BCUT2D eigenvalue weighted by molar-refractivity contribution is -0.117. The Morgan fingerprint density at radius 3 is 2.88 bits per heavy atom. The molecule has 1 heterocycles. The number of rotatable bonds is 3. The van der Waals surface area contributed by atoms with Crippen LogP contribution in [0.15, 0.2) is 42.5 Å². The summed E-state index contributed by atoms with van der Waals surface area (Å²) in [5, 5.41) is 15.1. The Balaban J connectivity index is 1.64. The minimum absolute atomic E-state index is 0.0932. The van der Waals surface area contributed by atoms with Gasteiger partial charge in [0, 0.05) is 29.4 Å². The number of amides is 3. The molecule has 1 atom stereocenters. The fraction of sp³-hybridized carbons (Fsp3) is 0.211. The van der Waals surface area contributed by atoms with Gasteiger partial charge in [0.2, 0.25) is 5.91 Å². The highest BCUT2D eigenvalue weighted by molar-refractivity contribution is 6.31. The summed E-state index contributed by atoms with van der Waals surface area (Å²) in [5.41, 5.74) is 2.66. The molecule has 0 aromatic heterocycles. The van der Waals surface area contributed by atoms with Crippen molar-refractivity contribution >= 4 is 34.9 Å². The topological polar surface area (TPSA) is 85.2 Å². The van der Waals surface area contributed by atoms with Crippen molar-refractivity contribution in [3.8, 4) is 6.07 Å². The molecule has 1 aliphatic rings. The van der Waals surface area contributed by atoms with Crippen LogP contribution < -0.4 is 15.5 Å². The third-order valence-electron chi connectivity index (χ3n) is 4.19. The van der Waals surface area contributed by atoms with Crippen LogP contribution >= 0.6 is 11.6 Å². The standard InChI is InChI=1S/C19H17ClN4O2/c1-12-5-6-14(20)8-17(12)23-19(26)22-15-9-18(25)24(11-15)16-4-2-3-13(7-16)10-21/h2-8,15H,9,11H2,1H3,(H2,22,23,26). The van der Waals surface area contributed by atoms with Gasteiger partial charge >= 0.3 is 6.03 Å². The van der Waals surface area contributed by atoms with Gasteiger partial charge in [-0.2, -0.15) is 5.26 Å².